The fourth-order valence-electron chi connectivity index (χ4n) is 2.58. The van der Waals surface area contributed by atoms with Gasteiger partial charge in [0.05, 0.1) is 25.3 Å². The summed E-state index contributed by atoms with van der Waals surface area (Å²) in [6.07, 6.45) is 1.79. The summed E-state index contributed by atoms with van der Waals surface area (Å²) in [5.41, 5.74) is 0. The molecule has 0 aromatic carbocycles. The molecule has 2 atom stereocenters. The Kier molecular flexibility index (Phi) is 3.40. The number of hydrogen-bond donors (Lipinski definition) is 0. The first-order valence-electron chi connectivity index (χ1n) is 6.10. The predicted molar refractivity (Wildman–Crippen MR) is 59.1 cm³/mol. The second kappa shape index (κ2) is 4.81. The minimum atomic E-state index is -0.451. The molecule has 1 aliphatic heterocycles. The van der Waals surface area contributed by atoms with Crippen LogP contribution in [0.2, 0.25) is 0 Å². The Hall–Kier alpha value is -1.46. The van der Waals surface area contributed by atoms with E-state index < -0.39 is 12.2 Å². The minimum Gasteiger partial charge on any atom is -0.448 e. The molecular formula is C11H18N2O4. The van der Waals surface area contributed by atoms with E-state index in [2.05, 4.69) is 0 Å². The Balaban J connectivity index is 2.11. The second-order valence-electron chi connectivity index (χ2n) is 4.21. The number of amides is 2. The van der Waals surface area contributed by atoms with Crippen LogP contribution in [0.1, 0.15) is 33.1 Å². The third-order valence-corrected chi connectivity index (χ3v) is 3.21. The molecule has 1 saturated heterocycles. The van der Waals surface area contributed by atoms with Gasteiger partial charge in [-0.05, 0) is 33.1 Å². The molecule has 2 fully saturated rings. The summed E-state index contributed by atoms with van der Waals surface area (Å²) in [7, 11) is 0. The molecule has 6 nitrogen and oxygen atoms in total. The maximum absolute atomic E-state index is 11.8. The van der Waals surface area contributed by atoms with Crippen molar-refractivity contribution >= 4 is 12.2 Å². The lowest BCUT2D eigenvalue weighted by atomic mass is 10.2. The van der Waals surface area contributed by atoms with E-state index in [1.807, 2.05) is 0 Å². The van der Waals surface area contributed by atoms with Gasteiger partial charge in [-0.1, -0.05) is 0 Å². The molecule has 0 radical (unpaired) electrons. The minimum absolute atomic E-state index is 0.0865. The number of hydrogen-bond acceptors (Lipinski definition) is 4. The summed E-state index contributed by atoms with van der Waals surface area (Å²) >= 11 is 0. The van der Waals surface area contributed by atoms with Crippen LogP contribution in [0.15, 0.2) is 0 Å². The number of ether oxygens (including phenoxy) is 2. The summed E-state index contributed by atoms with van der Waals surface area (Å²) in [6, 6.07) is 0.173. The van der Waals surface area contributed by atoms with Gasteiger partial charge >= 0.3 is 12.2 Å². The summed E-state index contributed by atoms with van der Waals surface area (Å²) in [5, 5.41) is 2.85. The molecule has 17 heavy (non-hydrogen) atoms. The first-order chi connectivity index (χ1) is 8.19. The van der Waals surface area contributed by atoms with Crippen molar-refractivity contribution in [2.75, 3.05) is 13.2 Å². The summed E-state index contributed by atoms with van der Waals surface area (Å²) in [6.45, 7) is 4.12. The van der Waals surface area contributed by atoms with Gasteiger partial charge in [0.15, 0.2) is 0 Å². The molecule has 1 heterocycles. The standard InChI is InChI=1S/C11H18N2O4/c1-3-16-10(14)12-8-5-6-9(7-8)13(12)11(15)17-4-2/h8-9H,3-7H2,1-2H3/t8-,9-/m0/s1. The van der Waals surface area contributed by atoms with E-state index in [0.29, 0.717) is 13.2 Å². The van der Waals surface area contributed by atoms with Crippen molar-refractivity contribution in [2.45, 2.75) is 45.2 Å². The van der Waals surface area contributed by atoms with Crippen molar-refractivity contribution in [3.05, 3.63) is 0 Å². The highest BCUT2D eigenvalue weighted by Gasteiger charge is 2.50. The van der Waals surface area contributed by atoms with Crippen LogP contribution in [0, 0.1) is 0 Å². The molecule has 0 spiro atoms. The second-order valence-corrected chi connectivity index (χ2v) is 4.21. The first-order valence-corrected chi connectivity index (χ1v) is 6.10. The van der Waals surface area contributed by atoms with E-state index in [4.69, 9.17) is 9.47 Å². The molecule has 0 unspecified atom stereocenters. The van der Waals surface area contributed by atoms with Crippen molar-refractivity contribution in [3.8, 4) is 0 Å². The number of rotatable bonds is 2. The van der Waals surface area contributed by atoms with Gasteiger partial charge in [0, 0.05) is 0 Å². The number of fused-ring (bicyclic) bond motifs is 2. The van der Waals surface area contributed by atoms with Gasteiger partial charge in [-0.25, -0.2) is 19.6 Å². The molecule has 2 amide bonds. The molecule has 0 aromatic rings. The average molecular weight is 242 g/mol. The molecule has 1 saturated carbocycles. The maximum Gasteiger partial charge on any atom is 0.429 e. The molecular weight excluding hydrogens is 224 g/mol. The van der Waals surface area contributed by atoms with Crippen molar-refractivity contribution < 1.29 is 19.1 Å². The molecule has 6 heteroatoms. The van der Waals surface area contributed by atoms with Gasteiger partial charge in [0.1, 0.15) is 0 Å². The molecule has 2 aliphatic rings. The highest BCUT2D eigenvalue weighted by molar-refractivity contribution is 5.76. The average Bonchev–Trinajstić information content (AvgIpc) is 2.89. The normalized spacial score (nSPS) is 26.2. The number of hydrazine groups is 1. The zero-order valence-corrected chi connectivity index (χ0v) is 10.2. The summed E-state index contributed by atoms with van der Waals surface area (Å²) in [4.78, 5) is 23.6. The monoisotopic (exact) mass is 242 g/mol. The predicted octanol–water partition coefficient (Wildman–Crippen LogP) is 1.75. The van der Waals surface area contributed by atoms with Crippen LogP contribution in [0.5, 0.6) is 0 Å². The highest BCUT2D eigenvalue weighted by atomic mass is 16.6. The van der Waals surface area contributed by atoms with Crippen LogP contribution < -0.4 is 0 Å². The van der Waals surface area contributed by atoms with Crippen LogP contribution in [-0.2, 0) is 9.47 Å². The van der Waals surface area contributed by atoms with E-state index in [1.165, 1.54) is 10.0 Å². The number of nitrogens with zero attached hydrogens (tertiary/aromatic N) is 2. The van der Waals surface area contributed by atoms with Crippen molar-refractivity contribution in [1.29, 1.82) is 0 Å². The lowest BCUT2D eigenvalue weighted by molar-refractivity contribution is -0.0378. The van der Waals surface area contributed by atoms with Gasteiger partial charge in [0.2, 0.25) is 0 Å². The zero-order chi connectivity index (χ0) is 12.4. The van der Waals surface area contributed by atoms with Crippen molar-refractivity contribution in [1.82, 2.24) is 10.0 Å². The van der Waals surface area contributed by atoms with Gasteiger partial charge in [-0.3, -0.25) is 0 Å². The van der Waals surface area contributed by atoms with Crippen molar-refractivity contribution in [2.24, 2.45) is 0 Å². The van der Waals surface area contributed by atoms with E-state index in [1.54, 1.807) is 13.8 Å². The van der Waals surface area contributed by atoms with E-state index in [-0.39, 0.29) is 12.1 Å². The lowest BCUT2D eigenvalue weighted by Crippen LogP contribution is -2.53. The molecule has 1 aliphatic carbocycles. The van der Waals surface area contributed by atoms with Crippen LogP contribution in [0.25, 0.3) is 0 Å². The summed E-state index contributed by atoms with van der Waals surface area (Å²) in [5.74, 6) is 0. The zero-order valence-electron chi connectivity index (χ0n) is 10.2. The largest absolute Gasteiger partial charge is 0.448 e. The Bertz CT molecular complexity index is 291. The Morgan fingerprint density at radius 2 is 1.41 bits per heavy atom. The lowest BCUT2D eigenvalue weighted by Gasteiger charge is -2.35. The number of carbonyl (C=O) groups excluding carboxylic acids is 2. The van der Waals surface area contributed by atoms with Gasteiger partial charge < -0.3 is 9.47 Å². The van der Waals surface area contributed by atoms with Crippen LogP contribution in [0.3, 0.4) is 0 Å². The molecule has 0 aromatic heterocycles. The van der Waals surface area contributed by atoms with E-state index >= 15 is 0 Å². The van der Waals surface area contributed by atoms with Crippen LogP contribution in [-0.4, -0.2) is 47.5 Å². The van der Waals surface area contributed by atoms with Gasteiger partial charge in [-0.15, -0.1) is 0 Å². The van der Waals surface area contributed by atoms with E-state index in [0.717, 1.165) is 19.3 Å². The first kappa shape index (κ1) is 12.0. The summed E-state index contributed by atoms with van der Waals surface area (Å²) < 4.78 is 9.95. The Labute approximate surface area is 100 Å². The maximum atomic E-state index is 11.8. The van der Waals surface area contributed by atoms with Crippen LogP contribution >= 0.6 is 0 Å². The third-order valence-electron chi connectivity index (χ3n) is 3.21. The molecule has 0 N–H and O–H groups in total. The SMILES string of the molecule is CCOC(=O)N1[C@H]2CC[C@@H](C2)N1C(=O)OCC. The van der Waals surface area contributed by atoms with Gasteiger partial charge in [-0.2, -0.15) is 0 Å². The quantitative estimate of drug-likeness (QED) is 0.740. The van der Waals surface area contributed by atoms with Gasteiger partial charge in [0.25, 0.3) is 0 Å². The Morgan fingerprint density at radius 1 is 1.00 bits per heavy atom. The fraction of sp³-hybridized carbons (Fsp3) is 0.818. The third kappa shape index (κ3) is 2.03. The van der Waals surface area contributed by atoms with Crippen LogP contribution in [0.4, 0.5) is 9.59 Å². The van der Waals surface area contributed by atoms with E-state index in [9.17, 15) is 9.59 Å². The molecule has 2 rings (SSSR count). The highest BCUT2D eigenvalue weighted by Crippen LogP contribution is 2.38. The topological polar surface area (TPSA) is 59.1 Å². The molecule has 96 valence electrons. The molecule has 2 bridgehead atoms. The smallest absolute Gasteiger partial charge is 0.429 e. The van der Waals surface area contributed by atoms with Crippen molar-refractivity contribution in [3.63, 3.8) is 0 Å². The number of carbonyl (C=O) groups is 2. The fourth-order valence-corrected chi connectivity index (χ4v) is 2.58. The Morgan fingerprint density at radius 3 is 1.76 bits per heavy atom.